The molecule has 0 aromatic heterocycles. The van der Waals surface area contributed by atoms with Gasteiger partial charge in [0.25, 0.3) is 0 Å². The van der Waals surface area contributed by atoms with E-state index in [1.165, 1.54) is 6.92 Å². The van der Waals surface area contributed by atoms with E-state index in [4.69, 9.17) is 5.73 Å². The van der Waals surface area contributed by atoms with Crippen molar-refractivity contribution in [2.24, 2.45) is 5.92 Å². The maximum atomic E-state index is 11.2. The highest BCUT2D eigenvalue weighted by Crippen LogP contribution is 2.19. The molecule has 0 aliphatic rings. The van der Waals surface area contributed by atoms with Crippen LogP contribution in [0.4, 0.5) is 11.4 Å². The van der Waals surface area contributed by atoms with Crippen molar-refractivity contribution in [3.05, 3.63) is 23.8 Å². The Balaban J connectivity index is 2.62. The number of nitrogens with one attached hydrogen (secondary N) is 1. The average Bonchev–Trinajstić information content (AvgIpc) is 2.26. The van der Waals surface area contributed by atoms with E-state index in [0.717, 1.165) is 18.0 Å². The zero-order chi connectivity index (χ0) is 12.8. The molecular formula is C13H20N2OS. The number of benzene rings is 1. The highest BCUT2D eigenvalue weighted by molar-refractivity contribution is 7.98. The first-order chi connectivity index (χ1) is 8.04. The second-order valence-electron chi connectivity index (χ2n) is 4.30. The third kappa shape index (κ3) is 4.30. The van der Waals surface area contributed by atoms with Gasteiger partial charge in [-0.25, -0.2) is 0 Å². The molecule has 0 heterocycles. The Kier molecular flexibility index (Phi) is 5.35. The van der Waals surface area contributed by atoms with Crippen molar-refractivity contribution < 1.29 is 4.79 Å². The number of thioether (sulfide) groups is 1. The minimum absolute atomic E-state index is 0.00445. The predicted molar refractivity (Wildman–Crippen MR) is 76.9 cm³/mol. The van der Waals surface area contributed by atoms with Gasteiger partial charge in [-0.15, -0.1) is 0 Å². The molecule has 1 unspecified atom stereocenters. The fourth-order valence-electron chi connectivity index (χ4n) is 1.63. The monoisotopic (exact) mass is 252 g/mol. The summed E-state index contributed by atoms with van der Waals surface area (Å²) in [5.41, 5.74) is 7.93. The first-order valence-electron chi connectivity index (χ1n) is 5.68. The molecule has 17 heavy (non-hydrogen) atoms. The molecule has 0 bridgehead atoms. The van der Waals surface area contributed by atoms with Crippen molar-refractivity contribution in [1.29, 1.82) is 0 Å². The normalized spacial score (nSPS) is 12.2. The van der Waals surface area contributed by atoms with E-state index in [2.05, 4.69) is 18.5 Å². The first kappa shape index (κ1) is 13.9. The van der Waals surface area contributed by atoms with Gasteiger partial charge in [0.2, 0.25) is 0 Å². The molecule has 1 aromatic rings. The maximum absolute atomic E-state index is 11.2. The summed E-state index contributed by atoms with van der Waals surface area (Å²) in [6, 6.07) is 5.50. The van der Waals surface area contributed by atoms with Crippen LogP contribution in [0.25, 0.3) is 0 Å². The maximum Gasteiger partial charge on any atom is 0.161 e. The summed E-state index contributed by atoms with van der Waals surface area (Å²) < 4.78 is 0. The van der Waals surface area contributed by atoms with Crippen LogP contribution in [0.15, 0.2) is 18.2 Å². The molecule has 1 aromatic carbocycles. The lowest BCUT2D eigenvalue weighted by Gasteiger charge is -2.13. The fourth-order valence-corrected chi connectivity index (χ4v) is 2.32. The zero-order valence-electron chi connectivity index (χ0n) is 10.6. The quantitative estimate of drug-likeness (QED) is 0.604. The zero-order valence-corrected chi connectivity index (χ0v) is 11.4. The van der Waals surface area contributed by atoms with Crippen LogP contribution in [0.2, 0.25) is 0 Å². The Hall–Kier alpha value is -1.16. The van der Waals surface area contributed by atoms with Crippen molar-refractivity contribution >= 4 is 28.9 Å². The van der Waals surface area contributed by atoms with Gasteiger partial charge in [-0.2, -0.15) is 11.8 Å². The van der Waals surface area contributed by atoms with E-state index >= 15 is 0 Å². The molecule has 0 fully saturated rings. The summed E-state index contributed by atoms with van der Waals surface area (Å²) in [7, 11) is 0. The lowest BCUT2D eigenvalue weighted by Crippen LogP contribution is -2.13. The molecule has 0 radical (unpaired) electrons. The van der Waals surface area contributed by atoms with Gasteiger partial charge in [-0.3, -0.25) is 4.79 Å². The number of ketones is 1. The molecule has 0 saturated heterocycles. The Morgan fingerprint density at radius 2 is 2.24 bits per heavy atom. The van der Waals surface area contributed by atoms with E-state index in [9.17, 15) is 4.79 Å². The minimum atomic E-state index is 0.00445. The van der Waals surface area contributed by atoms with E-state index in [1.54, 1.807) is 6.07 Å². The van der Waals surface area contributed by atoms with Gasteiger partial charge in [0.1, 0.15) is 0 Å². The second-order valence-corrected chi connectivity index (χ2v) is 5.21. The number of nitrogen functional groups attached to an aromatic ring is 1. The smallest absolute Gasteiger partial charge is 0.161 e. The van der Waals surface area contributed by atoms with Crippen LogP contribution in [-0.2, 0) is 0 Å². The minimum Gasteiger partial charge on any atom is -0.398 e. The number of anilines is 2. The highest BCUT2D eigenvalue weighted by Gasteiger charge is 2.06. The van der Waals surface area contributed by atoms with E-state index in [0.29, 0.717) is 17.2 Å². The number of rotatable bonds is 6. The number of hydrogen-bond donors (Lipinski definition) is 2. The van der Waals surface area contributed by atoms with Gasteiger partial charge >= 0.3 is 0 Å². The first-order valence-corrected chi connectivity index (χ1v) is 7.07. The summed E-state index contributed by atoms with van der Waals surface area (Å²) in [6.45, 7) is 4.65. The molecule has 0 amide bonds. The molecule has 94 valence electrons. The van der Waals surface area contributed by atoms with Crippen molar-refractivity contribution in [1.82, 2.24) is 0 Å². The van der Waals surface area contributed by atoms with Gasteiger partial charge < -0.3 is 11.1 Å². The van der Waals surface area contributed by atoms with Crippen molar-refractivity contribution in [3.63, 3.8) is 0 Å². The molecule has 3 nitrogen and oxygen atoms in total. The van der Waals surface area contributed by atoms with Crippen molar-refractivity contribution in [2.45, 2.75) is 13.8 Å². The summed E-state index contributed by atoms with van der Waals surface area (Å²) >= 11 is 1.85. The third-order valence-electron chi connectivity index (χ3n) is 2.54. The predicted octanol–water partition coefficient (Wildman–Crippen LogP) is 2.88. The number of nitrogens with two attached hydrogens (primary N) is 1. The van der Waals surface area contributed by atoms with Crippen LogP contribution in [0.3, 0.4) is 0 Å². The molecule has 0 aliphatic carbocycles. The Morgan fingerprint density at radius 3 is 2.76 bits per heavy atom. The topological polar surface area (TPSA) is 55.1 Å². The van der Waals surface area contributed by atoms with Crippen LogP contribution in [-0.4, -0.2) is 24.3 Å². The van der Waals surface area contributed by atoms with Crippen LogP contribution in [0, 0.1) is 5.92 Å². The average molecular weight is 252 g/mol. The highest BCUT2D eigenvalue weighted by atomic mass is 32.2. The number of hydrogen-bond acceptors (Lipinski definition) is 4. The largest absolute Gasteiger partial charge is 0.398 e. The fraction of sp³-hybridized carbons (Fsp3) is 0.462. The van der Waals surface area contributed by atoms with Crippen molar-refractivity contribution in [3.8, 4) is 0 Å². The molecule has 4 heteroatoms. The molecule has 0 saturated carbocycles. The van der Waals surface area contributed by atoms with Crippen LogP contribution < -0.4 is 11.1 Å². The number of Topliss-reactive ketones (excluding diaryl/α,β-unsaturated/α-hetero) is 1. The van der Waals surface area contributed by atoms with Gasteiger partial charge in [0.05, 0.1) is 0 Å². The van der Waals surface area contributed by atoms with Crippen LogP contribution in [0.5, 0.6) is 0 Å². The third-order valence-corrected chi connectivity index (χ3v) is 3.44. The summed E-state index contributed by atoms with van der Waals surface area (Å²) in [4.78, 5) is 11.2. The lowest BCUT2D eigenvalue weighted by molar-refractivity contribution is 0.101. The Labute approximate surface area is 107 Å². The molecule has 1 rings (SSSR count). The summed E-state index contributed by atoms with van der Waals surface area (Å²) in [5, 5.41) is 3.33. The lowest BCUT2D eigenvalue weighted by atomic mass is 10.1. The standard InChI is InChI=1S/C13H20N2OS/c1-9(8-17-3)7-15-11-4-5-12(10(2)16)13(14)6-11/h4-6,9,15H,7-8,14H2,1-3H3. The Bertz CT molecular complexity index is 393. The SMILES string of the molecule is CSCC(C)CNc1ccc(C(C)=O)c(N)c1. The summed E-state index contributed by atoms with van der Waals surface area (Å²) in [6.07, 6.45) is 2.11. The number of carbonyl (C=O) groups excluding carboxylic acids is 1. The molecule has 0 spiro atoms. The second kappa shape index (κ2) is 6.55. The Morgan fingerprint density at radius 1 is 1.53 bits per heavy atom. The molecule has 1 atom stereocenters. The van der Waals surface area contributed by atoms with Crippen LogP contribution in [0.1, 0.15) is 24.2 Å². The van der Waals surface area contributed by atoms with E-state index < -0.39 is 0 Å². The van der Waals surface area contributed by atoms with Gasteiger partial charge in [0.15, 0.2) is 5.78 Å². The van der Waals surface area contributed by atoms with Gasteiger partial charge in [-0.05, 0) is 43.0 Å². The van der Waals surface area contributed by atoms with Gasteiger partial charge in [-0.1, -0.05) is 6.92 Å². The molecule has 0 aliphatic heterocycles. The molecule has 3 N–H and O–H groups in total. The number of carbonyl (C=O) groups is 1. The van der Waals surface area contributed by atoms with E-state index in [1.807, 2.05) is 23.9 Å². The van der Waals surface area contributed by atoms with E-state index in [-0.39, 0.29) is 5.78 Å². The van der Waals surface area contributed by atoms with Gasteiger partial charge in [0, 0.05) is 23.5 Å². The molecular weight excluding hydrogens is 232 g/mol. The van der Waals surface area contributed by atoms with Crippen molar-refractivity contribution in [2.75, 3.05) is 29.6 Å². The van der Waals surface area contributed by atoms with Crippen LogP contribution >= 0.6 is 11.8 Å². The summed E-state index contributed by atoms with van der Waals surface area (Å²) in [5.74, 6) is 1.75.